The van der Waals surface area contributed by atoms with Crippen LogP contribution in [0.1, 0.15) is 0 Å². The van der Waals surface area contributed by atoms with E-state index < -0.39 is 0 Å². The number of benzene rings is 6. The van der Waals surface area contributed by atoms with Gasteiger partial charge in [-0.1, -0.05) is 127 Å². The zero-order valence-electron chi connectivity index (χ0n) is 27.2. The molecule has 0 radical (unpaired) electrons. The van der Waals surface area contributed by atoms with Gasteiger partial charge < -0.3 is 0 Å². The van der Waals surface area contributed by atoms with Crippen LogP contribution in [0.25, 0.3) is 94.8 Å². The van der Waals surface area contributed by atoms with Crippen LogP contribution < -0.4 is 0 Å². The number of para-hydroxylation sites is 5. The second-order valence-corrected chi connectivity index (χ2v) is 12.7. The number of hydrogen-bond donors (Lipinski definition) is 0. The summed E-state index contributed by atoms with van der Waals surface area (Å²) >= 11 is 0. The third-order valence-corrected chi connectivity index (χ3v) is 9.86. The zero-order chi connectivity index (χ0) is 33.5. The van der Waals surface area contributed by atoms with Crippen molar-refractivity contribution >= 4 is 60.4 Å². The molecule has 5 heterocycles. The van der Waals surface area contributed by atoms with E-state index in [2.05, 4.69) is 117 Å². The molecule has 7 heteroatoms. The second kappa shape index (κ2) is 10.7. The molecule has 0 aliphatic rings. The van der Waals surface area contributed by atoms with E-state index in [-0.39, 0.29) is 0 Å². The summed E-state index contributed by atoms with van der Waals surface area (Å²) in [5.74, 6) is 1.75. The van der Waals surface area contributed by atoms with Gasteiger partial charge in [0, 0.05) is 38.4 Å². The van der Waals surface area contributed by atoms with Gasteiger partial charge in [0.2, 0.25) is 5.95 Å². The summed E-state index contributed by atoms with van der Waals surface area (Å²) in [6.07, 6.45) is 0. The molecule has 11 aromatic rings. The molecular weight excluding hydrogens is 627 g/mol. The van der Waals surface area contributed by atoms with Crippen LogP contribution >= 0.6 is 0 Å². The zero-order valence-corrected chi connectivity index (χ0v) is 27.2. The smallest absolute Gasteiger partial charge is 0.238 e. The molecule has 0 bridgehead atoms. The first-order chi connectivity index (χ1) is 25.3. The molecule has 238 valence electrons. The highest BCUT2D eigenvalue weighted by atomic mass is 15.2. The van der Waals surface area contributed by atoms with Crippen molar-refractivity contribution in [2.45, 2.75) is 0 Å². The Labute approximate surface area is 291 Å². The lowest BCUT2D eigenvalue weighted by Gasteiger charge is -2.13. The fourth-order valence-corrected chi connectivity index (χ4v) is 7.73. The molecule has 0 N–H and O–H groups in total. The van der Waals surface area contributed by atoms with Crippen LogP contribution in [-0.4, -0.2) is 33.5 Å². The Morgan fingerprint density at radius 2 is 0.902 bits per heavy atom. The highest BCUT2D eigenvalue weighted by Crippen LogP contribution is 2.44. The molecule has 0 aliphatic carbocycles. The van der Waals surface area contributed by atoms with E-state index >= 15 is 0 Å². The molecule has 6 aromatic carbocycles. The van der Waals surface area contributed by atoms with Crippen LogP contribution in [0.4, 0.5) is 0 Å². The number of fused-ring (bicyclic) bond motifs is 12. The van der Waals surface area contributed by atoms with Crippen LogP contribution in [-0.2, 0) is 0 Å². The number of nitrogens with zero attached hydrogens (tertiary/aromatic N) is 7. The number of aromatic nitrogens is 7. The molecule has 51 heavy (non-hydrogen) atoms. The standard InChI is InChI=1S/C44H27N7/c1-4-16-28(17-5-1)40-46-41(29-18-6-2-7-19-29)48-44(47-40)50-35-26-14-10-22-31(35)37-38-32-23-11-13-25-34(32)49(30-20-8-3-9-21-30)43(38)51-36-27-15-12-24-33(36)45-42(51)39(37)50/h1-27H. The summed E-state index contributed by atoms with van der Waals surface area (Å²) < 4.78 is 6.90. The van der Waals surface area contributed by atoms with E-state index in [1.807, 2.05) is 60.7 Å². The molecule has 0 unspecified atom stereocenters. The minimum atomic E-state index is 0.536. The van der Waals surface area contributed by atoms with E-state index in [1.54, 1.807) is 0 Å². The van der Waals surface area contributed by atoms with Gasteiger partial charge in [-0.05, 0) is 36.4 Å². The summed E-state index contributed by atoms with van der Waals surface area (Å²) in [6.45, 7) is 0. The summed E-state index contributed by atoms with van der Waals surface area (Å²) in [5.41, 5.74) is 9.83. The normalized spacial score (nSPS) is 11.9. The highest BCUT2D eigenvalue weighted by molar-refractivity contribution is 6.31. The first-order valence-electron chi connectivity index (χ1n) is 17.0. The highest BCUT2D eigenvalue weighted by Gasteiger charge is 2.27. The minimum Gasteiger partial charge on any atom is -0.295 e. The average molecular weight is 654 g/mol. The van der Waals surface area contributed by atoms with Crippen molar-refractivity contribution in [3.8, 4) is 34.4 Å². The van der Waals surface area contributed by atoms with Gasteiger partial charge >= 0.3 is 0 Å². The van der Waals surface area contributed by atoms with Gasteiger partial charge in [0.15, 0.2) is 17.3 Å². The summed E-state index contributed by atoms with van der Waals surface area (Å²) in [6, 6.07) is 56.5. The Balaban J connectivity index is 1.39. The maximum absolute atomic E-state index is 5.40. The van der Waals surface area contributed by atoms with Gasteiger partial charge in [-0.2, -0.15) is 9.97 Å². The lowest BCUT2D eigenvalue weighted by Crippen LogP contribution is -2.07. The molecule has 0 atom stereocenters. The maximum Gasteiger partial charge on any atom is 0.238 e. The fourth-order valence-electron chi connectivity index (χ4n) is 7.73. The summed E-state index contributed by atoms with van der Waals surface area (Å²) in [7, 11) is 0. The topological polar surface area (TPSA) is 65.8 Å². The van der Waals surface area contributed by atoms with Gasteiger partial charge in [-0.3, -0.25) is 13.5 Å². The summed E-state index contributed by atoms with van der Waals surface area (Å²) in [5, 5.41) is 4.52. The largest absolute Gasteiger partial charge is 0.295 e. The third kappa shape index (κ3) is 4.00. The van der Waals surface area contributed by atoms with Crippen LogP contribution in [0.5, 0.6) is 0 Å². The van der Waals surface area contributed by atoms with E-state index in [9.17, 15) is 0 Å². The minimum absolute atomic E-state index is 0.536. The molecule has 0 fully saturated rings. The molecule has 0 aliphatic heterocycles. The van der Waals surface area contributed by atoms with Gasteiger partial charge in [0.25, 0.3) is 0 Å². The molecule has 0 spiro atoms. The Morgan fingerprint density at radius 3 is 1.55 bits per heavy atom. The fraction of sp³-hybridized carbons (Fsp3) is 0. The van der Waals surface area contributed by atoms with Crippen molar-refractivity contribution < 1.29 is 0 Å². The van der Waals surface area contributed by atoms with Crippen molar-refractivity contribution in [3.05, 3.63) is 164 Å². The lowest BCUT2D eigenvalue weighted by atomic mass is 10.1. The number of rotatable bonds is 4. The van der Waals surface area contributed by atoms with Gasteiger partial charge in [0.05, 0.1) is 22.1 Å². The molecule has 5 aromatic heterocycles. The first kappa shape index (κ1) is 27.8. The van der Waals surface area contributed by atoms with Gasteiger partial charge in [-0.25, -0.2) is 9.97 Å². The van der Waals surface area contributed by atoms with E-state index in [0.717, 1.165) is 77.2 Å². The molecule has 0 saturated carbocycles. The number of hydrogen-bond acceptors (Lipinski definition) is 4. The quantitative estimate of drug-likeness (QED) is 0.190. The van der Waals surface area contributed by atoms with Crippen LogP contribution in [0.3, 0.4) is 0 Å². The Bertz CT molecular complexity index is 3060. The SMILES string of the molecule is c1ccc(-c2nc(-c3ccccc3)nc(-n3c4ccccc4c4c5c6ccccc6n(-c6ccccc6)c5n5c6ccccc6nc5c43)n2)cc1. The number of pyridine rings is 1. The number of imidazole rings is 1. The van der Waals surface area contributed by atoms with Gasteiger partial charge in [-0.15, -0.1) is 0 Å². The maximum atomic E-state index is 5.40. The van der Waals surface area contributed by atoms with Gasteiger partial charge in [0.1, 0.15) is 11.2 Å². The van der Waals surface area contributed by atoms with Crippen molar-refractivity contribution in [2.75, 3.05) is 0 Å². The average Bonchev–Trinajstić information content (AvgIpc) is 3.87. The Hall–Kier alpha value is -7.12. The monoisotopic (exact) mass is 653 g/mol. The van der Waals surface area contributed by atoms with Crippen LogP contribution in [0, 0.1) is 0 Å². The van der Waals surface area contributed by atoms with Crippen LogP contribution in [0.15, 0.2) is 164 Å². The Morgan fingerprint density at radius 1 is 0.392 bits per heavy atom. The van der Waals surface area contributed by atoms with Crippen LogP contribution in [0.2, 0.25) is 0 Å². The first-order valence-corrected chi connectivity index (χ1v) is 17.0. The lowest BCUT2D eigenvalue weighted by molar-refractivity contribution is 0.952. The Kier molecular flexibility index (Phi) is 5.83. The predicted octanol–water partition coefficient (Wildman–Crippen LogP) is 10.2. The molecular formula is C44H27N7. The molecule has 0 amide bonds. The van der Waals surface area contributed by atoms with E-state index in [0.29, 0.717) is 17.6 Å². The van der Waals surface area contributed by atoms with Crippen molar-refractivity contribution in [1.82, 2.24) is 33.5 Å². The molecule has 0 saturated heterocycles. The van der Waals surface area contributed by atoms with E-state index in [1.165, 1.54) is 0 Å². The summed E-state index contributed by atoms with van der Waals surface area (Å²) in [4.78, 5) is 20.9. The predicted molar refractivity (Wildman–Crippen MR) is 206 cm³/mol. The molecule has 11 rings (SSSR count). The third-order valence-electron chi connectivity index (χ3n) is 9.86. The second-order valence-electron chi connectivity index (χ2n) is 12.7. The van der Waals surface area contributed by atoms with Crippen molar-refractivity contribution in [3.63, 3.8) is 0 Å². The molecule has 7 nitrogen and oxygen atoms in total. The van der Waals surface area contributed by atoms with Crippen molar-refractivity contribution in [1.29, 1.82) is 0 Å². The van der Waals surface area contributed by atoms with E-state index in [4.69, 9.17) is 19.9 Å². The van der Waals surface area contributed by atoms with Crippen molar-refractivity contribution in [2.24, 2.45) is 0 Å².